The summed E-state index contributed by atoms with van der Waals surface area (Å²) in [5.74, 6) is 0.489. The number of hydrogen-bond donors (Lipinski definition) is 3. The van der Waals surface area contributed by atoms with Crippen molar-refractivity contribution in [3.63, 3.8) is 0 Å². The van der Waals surface area contributed by atoms with Gasteiger partial charge in [-0.2, -0.15) is 0 Å². The van der Waals surface area contributed by atoms with Crippen LogP contribution in [0.4, 0.5) is 4.79 Å². The zero-order valence-corrected chi connectivity index (χ0v) is 11.9. The van der Waals surface area contributed by atoms with Crippen molar-refractivity contribution >= 4 is 6.03 Å². The van der Waals surface area contributed by atoms with Gasteiger partial charge < -0.3 is 15.7 Å². The molecule has 1 atom stereocenters. The molecule has 0 heterocycles. The summed E-state index contributed by atoms with van der Waals surface area (Å²) in [5, 5.41) is 14.3. The molecule has 0 radical (unpaired) electrons. The molecule has 0 fully saturated rings. The van der Waals surface area contributed by atoms with Crippen molar-refractivity contribution in [2.75, 3.05) is 13.2 Å². The lowest BCUT2D eigenvalue weighted by Crippen LogP contribution is -2.39. The minimum atomic E-state index is -0.233. The molecule has 0 aliphatic carbocycles. The molecular weight excluding hydrogens is 240 g/mol. The summed E-state index contributed by atoms with van der Waals surface area (Å²) in [4.78, 5) is 11.7. The first-order chi connectivity index (χ1) is 9.04. The van der Waals surface area contributed by atoms with Crippen LogP contribution in [0, 0.1) is 12.8 Å². The fourth-order valence-corrected chi connectivity index (χ4v) is 2.09. The van der Waals surface area contributed by atoms with Gasteiger partial charge in [-0.25, -0.2) is 4.79 Å². The van der Waals surface area contributed by atoms with Crippen LogP contribution in [0.5, 0.6) is 0 Å². The van der Waals surface area contributed by atoms with E-state index in [0.29, 0.717) is 5.92 Å². The van der Waals surface area contributed by atoms with Crippen molar-refractivity contribution in [3.05, 3.63) is 35.4 Å². The summed E-state index contributed by atoms with van der Waals surface area (Å²) in [6.07, 6.45) is 0.886. The lowest BCUT2D eigenvalue weighted by Gasteiger charge is -2.23. The maximum Gasteiger partial charge on any atom is 0.315 e. The van der Waals surface area contributed by atoms with Crippen molar-refractivity contribution in [2.45, 2.75) is 33.2 Å². The maximum absolute atomic E-state index is 11.7. The van der Waals surface area contributed by atoms with Crippen LogP contribution in [0.15, 0.2) is 24.3 Å². The first-order valence-electron chi connectivity index (χ1n) is 6.75. The number of aliphatic hydroxyl groups is 1. The lowest BCUT2D eigenvalue weighted by molar-refractivity contribution is 0.229. The molecule has 1 unspecified atom stereocenters. The van der Waals surface area contributed by atoms with Gasteiger partial charge in [0.1, 0.15) is 0 Å². The van der Waals surface area contributed by atoms with Gasteiger partial charge in [-0.3, -0.25) is 0 Å². The molecule has 0 aromatic heterocycles. The molecule has 1 aromatic carbocycles. The van der Waals surface area contributed by atoms with Crippen LogP contribution >= 0.6 is 0 Å². The minimum Gasteiger partial charge on any atom is -0.395 e. The number of amides is 2. The summed E-state index contributed by atoms with van der Waals surface area (Å²) in [6, 6.07) is 7.85. The van der Waals surface area contributed by atoms with Crippen LogP contribution in [-0.2, 0) is 0 Å². The molecule has 4 nitrogen and oxygen atoms in total. The van der Waals surface area contributed by atoms with E-state index in [2.05, 4.69) is 43.5 Å². The highest BCUT2D eigenvalue weighted by Gasteiger charge is 2.17. The molecule has 0 saturated heterocycles. The van der Waals surface area contributed by atoms with Gasteiger partial charge in [0.25, 0.3) is 0 Å². The Morgan fingerprint density at radius 3 is 2.58 bits per heavy atom. The van der Waals surface area contributed by atoms with E-state index in [0.717, 1.165) is 12.0 Å². The van der Waals surface area contributed by atoms with Crippen molar-refractivity contribution in [2.24, 2.45) is 5.92 Å². The monoisotopic (exact) mass is 264 g/mol. The molecule has 0 aliphatic heterocycles. The molecule has 3 N–H and O–H groups in total. The quantitative estimate of drug-likeness (QED) is 0.738. The van der Waals surface area contributed by atoms with Crippen LogP contribution in [0.1, 0.15) is 37.4 Å². The third-order valence-corrected chi connectivity index (χ3v) is 2.97. The third-order valence-electron chi connectivity index (χ3n) is 2.97. The Morgan fingerprint density at radius 1 is 1.32 bits per heavy atom. The number of carbonyl (C=O) groups excluding carboxylic acids is 1. The predicted octanol–water partition coefficient (Wildman–Crippen LogP) is 2.37. The third kappa shape index (κ3) is 5.30. The molecule has 2 amide bonds. The Labute approximate surface area is 115 Å². The maximum atomic E-state index is 11.7. The molecule has 0 spiro atoms. The Bertz CT molecular complexity index is 405. The second kappa shape index (κ2) is 7.79. The molecule has 1 rings (SSSR count). The Kier molecular flexibility index (Phi) is 6.36. The second-order valence-electron chi connectivity index (χ2n) is 5.16. The summed E-state index contributed by atoms with van der Waals surface area (Å²) >= 11 is 0. The van der Waals surface area contributed by atoms with Gasteiger partial charge in [-0.15, -0.1) is 0 Å². The number of aryl methyl sites for hydroxylation is 1. The van der Waals surface area contributed by atoms with Crippen LogP contribution in [0.25, 0.3) is 0 Å². The predicted molar refractivity (Wildman–Crippen MR) is 77.0 cm³/mol. The molecule has 0 bridgehead atoms. The zero-order chi connectivity index (χ0) is 14.3. The molecule has 0 aliphatic rings. The van der Waals surface area contributed by atoms with Gasteiger partial charge in [0.2, 0.25) is 0 Å². The van der Waals surface area contributed by atoms with Crippen molar-refractivity contribution < 1.29 is 9.90 Å². The summed E-state index contributed by atoms with van der Waals surface area (Å²) in [7, 11) is 0. The largest absolute Gasteiger partial charge is 0.395 e. The van der Waals surface area contributed by atoms with Gasteiger partial charge in [-0.1, -0.05) is 38.1 Å². The van der Waals surface area contributed by atoms with Crippen LogP contribution in [0.2, 0.25) is 0 Å². The minimum absolute atomic E-state index is 0.0000992. The number of urea groups is 1. The first-order valence-corrected chi connectivity index (χ1v) is 6.75. The highest BCUT2D eigenvalue weighted by atomic mass is 16.3. The summed E-state index contributed by atoms with van der Waals surface area (Å²) in [6.45, 7) is 6.55. The number of carbonyl (C=O) groups is 1. The number of aliphatic hydroxyl groups excluding tert-OH is 1. The summed E-state index contributed by atoms with van der Waals surface area (Å²) < 4.78 is 0. The molecule has 19 heavy (non-hydrogen) atoms. The first kappa shape index (κ1) is 15.5. The highest BCUT2D eigenvalue weighted by molar-refractivity contribution is 5.74. The van der Waals surface area contributed by atoms with E-state index in [4.69, 9.17) is 5.11 Å². The fraction of sp³-hybridized carbons (Fsp3) is 0.533. The van der Waals surface area contributed by atoms with Crippen molar-refractivity contribution in [1.29, 1.82) is 0 Å². The lowest BCUT2D eigenvalue weighted by atomic mass is 9.94. The number of benzene rings is 1. The normalized spacial score (nSPS) is 12.3. The van der Waals surface area contributed by atoms with E-state index in [1.165, 1.54) is 5.56 Å². The number of hydrogen-bond acceptors (Lipinski definition) is 2. The van der Waals surface area contributed by atoms with Crippen LogP contribution in [-0.4, -0.2) is 24.3 Å². The standard InChI is InChI=1S/C15H24N2O2/c1-11(2)10-14(17-15(19)16-8-9-18)13-7-5-4-6-12(13)3/h4-7,11,14,18H,8-10H2,1-3H3,(H2,16,17,19). The average molecular weight is 264 g/mol. The average Bonchev–Trinajstić information content (AvgIpc) is 2.35. The molecule has 0 saturated carbocycles. The molecular formula is C15H24N2O2. The number of rotatable bonds is 6. The van der Waals surface area contributed by atoms with Crippen LogP contribution < -0.4 is 10.6 Å². The fourth-order valence-electron chi connectivity index (χ4n) is 2.09. The van der Waals surface area contributed by atoms with E-state index in [1.807, 2.05) is 12.1 Å². The van der Waals surface area contributed by atoms with Gasteiger partial charge in [-0.05, 0) is 30.4 Å². The second-order valence-corrected chi connectivity index (χ2v) is 5.16. The van der Waals surface area contributed by atoms with E-state index in [1.54, 1.807) is 0 Å². The summed E-state index contributed by atoms with van der Waals surface area (Å²) in [5.41, 5.74) is 2.32. The van der Waals surface area contributed by atoms with Gasteiger partial charge in [0.05, 0.1) is 12.6 Å². The Balaban J connectivity index is 2.78. The van der Waals surface area contributed by atoms with E-state index in [-0.39, 0.29) is 25.2 Å². The van der Waals surface area contributed by atoms with Gasteiger partial charge >= 0.3 is 6.03 Å². The molecule has 106 valence electrons. The van der Waals surface area contributed by atoms with Gasteiger partial charge in [0, 0.05) is 6.54 Å². The van der Waals surface area contributed by atoms with Crippen molar-refractivity contribution in [1.82, 2.24) is 10.6 Å². The molecule has 4 heteroatoms. The Morgan fingerprint density at radius 2 is 2.00 bits per heavy atom. The van der Waals surface area contributed by atoms with E-state index < -0.39 is 0 Å². The molecule has 1 aromatic rings. The smallest absolute Gasteiger partial charge is 0.315 e. The number of nitrogens with one attached hydrogen (secondary N) is 2. The van der Waals surface area contributed by atoms with Crippen molar-refractivity contribution in [3.8, 4) is 0 Å². The topological polar surface area (TPSA) is 61.4 Å². The highest BCUT2D eigenvalue weighted by Crippen LogP contribution is 2.23. The van der Waals surface area contributed by atoms with E-state index >= 15 is 0 Å². The Hall–Kier alpha value is -1.55. The van der Waals surface area contributed by atoms with Gasteiger partial charge in [0.15, 0.2) is 0 Å². The van der Waals surface area contributed by atoms with E-state index in [9.17, 15) is 4.79 Å². The SMILES string of the molecule is Cc1ccccc1C(CC(C)C)NC(=O)NCCO. The van der Waals surface area contributed by atoms with Crippen LogP contribution in [0.3, 0.4) is 0 Å². The zero-order valence-electron chi connectivity index (χ0n) is 11.9.